The van der Waals surface area contributed by atoms with E-state index in [0.29, 0.717) is 6.04 Å². The molecule has 0 aromatic heterocycles. The fourth-order valence-electron chi connectivity index (χ4n) is 1.57. The Morgan fingerprint density at radius 2 is 2.55 bits per heavy atom. The Kier molecular flexibility index (Phi) is 3.60. The maximum Gasteiger partial charge on any atom is 0.0589 e. The fourth-order valence-corrected chi connectivity index (χ4v) is 1.57. The van der Waals surface area contributed by atoms with Crippen LogP contribution in [0.1, 0.15) is 25.7 Å². The Hall–Kier alpha value is -0.340. The van der Waals surface area contributed by atoms with Gasteiger partial charge < -0.3 is 10.4 Å². The van der Waals surface area contributed by atoms with Gasteiger partial charge in [0, 0.05) is 6.04 Å². The van der Waals surface area contributed by atoms with Crippen molar-refractivity contribution >= 4 is 0 Å². The highest BCUT2D eigenvalue weighted by Gasteiger charge is 2.16. The maximum absolute atomic E-state index is 9.40. The third kappa shape index (κ3) is 3.04. The summed E-state index contributed by atoms with van der Waals surface area (Å²) >= 11 is 0. The number of hydrogen-bond acceptors (Lipinski definition) is 2. The summed E-state index contributed by atoms with van der Waals surface area (Å²) in [6.07, 6.45) is 5.66. The molecule has 64 valence electrons. The van der Waals surface area contributed by atoms with Crippen LogP contribution in [0.5, 0.6) is 0 Å². The van der Waals surface area contributed by atoms with Gasteiger partial charge in [-0.3, -0.25) is 0 Å². The van der Waals surface area contributed by atoms with Crippen molar-refractivity contribution in [2.75, 3.05) is 6.54 Å². The second-order valence-corrected chi connectivity index (χ2v) is 3.21. The lowest BCUT2D eigenvalue weighted by molar-refractivity contribution is 0.155. The lowest BCUT2D eigenvalue weighted by atomic mass is 10.1. The van der Waals surface area contributed by atoms with Crippen molar-refractivity contribution < 1.29 is 5.11 Å². The minimum Gasteiger partial charge on any atom is -0.393 e. The van der Waals surface area contributed by atoms with Crippen molar-refractivity contribution in [3.05, 3.63) is 12.7 Å². The minimum absolute atomic E-state index is 0.192. The first-order valence-corrected chi connectivity index (χ1v) is 4.35. The SMILES string of the molecule is C=CCC(O)CC1CCCN1. The van der Waals surface area contributed by atoms with Crippen LogP contribution >= 0.6 is 0 Å². The molecule has 1 heterocycles. The van der Waals surface area contributed by atoms with E-state index in [1.165, 1.54) is 12.8 Å². The molecule has 2 N–H and O–H groups in total. The van der Waals surface area contributed by atoms with E-state index in [1.807, 2.05) is 0 Å². The van der Waals surface area contributed by atoms with Crippen molar-refractivity contribution in [3.8, 4) is 0 Å². The van der Waals surface area contributed by atoms with Crippen molar-refractivity contribution in [1.29, 1.82) is 0 Å². The van der Waals surface area contributed by atoms with Crippen molar-refractivity contribution in [1.82, 2.24) is 5.32 Å². The third-order valence-electron chi connectivity index (χ3n) is 2.16. The second kappa shape index (κ2) is 4.52. The molecule has 0 bridgehead atoms. The topological polar surface area (TPSA) is 32.3 Å². The molecule has 2 unspecified atom stereocenters. The monoisotopic (exact) mass is 155 g/mol. The van der Waals surface area contributed by atoms with E-state index < -0.39 is 0 Å². The van der Waals surface area contributed by atoms with Gasteiger partial charge in [-0.2, -0.15) is 0 Å². The van der Waals surface area contributed by atoms with Gasteiger partial charge in [0.15, 0.2) is 0 Å². The van der Waals surface area contributed by atoms with Gasteiger partial charge >= 0.3 is 0 Å². The largest absolute Gasteiger partial charge is 0.393 e. The van der Waals surface area contributed by atoms with E-state index in [-0.39, 0.29) is 6.10 Å². The summed E-state index contributed by atoms with van der Waals surface area (Å²) in [5.74, 6) is 0. The number of rotatable bonds is 4. The highest BCUT2D eigenvalue weighted by Crippen LogP contribution is 2.12. The fraction of sp³-hybridized carbons (Fsp3) is 0.778. The minimum atomic E-state index is -0.192. The van der Waals surface area contributed by atoms with Crippen LogP contribution in [0.15, 0.2) is 12.7 Å². The second-order valence-electron chi connectivity index (χ2n) is 3.21. The van der Waals surface area contributed by atoms with Gasteiger partial charge in [0.25, 0.3) is 0 Å². The molecule has 11 heavy (non-hydrogen) atoms. The third-order valence-corrected chi connectivity index (χ3v) is 2.16. The summed E-state index contributed by atoms with van der Waals surface area (Å²) in [6.45, 7) is 4.71. The molecule has 0 amide bonds. The molecule has 1 saturated heterocycles. The zero-order chi connectivity index (χ0) is 8.10. The summed E-state index contributed by atoms with van der Waals surface area (Å²) in [5, 5.41) is 12.7. The van der Waals surface area contributed by atoms with E-state index in [0.717, 1.165) is 19.4 Å². The quantitative estimate of drug-likeness (QED) is 0.595. The number of aliphatic hydroxyl groups is 1. The van der Waals surface area contributed by atoms with E-state index in [4.69, 9.17) is 0 Å². The van der Waals surface area contributed by atoms with E-state index in [9.17, 15) is 5.11 Å². The molecule has 0 aliphatic carbocycles. The zero-order valence-corrected chi connectivity index (χ0v) is 6.92. The van der Waals surface area contributed by atoms with Gasteiger partial charge in [-0.05, 0) is 32.2 Å². The molecule has 2 nitrogen and oxygen atoms in total. The zero-order valence-electron chi connectivity index (χ0n) is 6.92. The summed E-state index contributed by atoms with van der Waals surface area (Å²) in [5.41, 5.74) is 0. The molecule has 0 spiro atoms. The first-order valence-electron chi connectivity index (χ1n) is 4.35. The predicted molar refractivity (Wildman–Crippen MR) is 46.5 cm³/mol. The number of hydrogen-bond donors (Lipinski definition) is 2. The Morgan fingerprint density at radius 1 is 1.73 bits per heavy atom. The molecule has 1 rings (SSSR count). The van der Waals surface area contributed by atoms with Gasteiger partial charge in [-0.15, -0.1) is 6.58 Å². The van der Waals surface area contributed by atoms with Crippen LogP contribution in [0.4, 0.5) is 0 Å². The smallest absolute Gasteiger partial charge is 0.0589 e. The summed E-state index contributed by atoms with van der Waals surface area (Å²) in [6, 6.07) is 0.546. The van der Waals surface area contributed by atoms with Crippen LogP contribution in [0.3, 0.4) is 0 Å². The van der Waals surface area contributed by atoms with Crippen LogP contribution < -0.4 is 5.32 Å². The summed E-state index contributed by atoms with van der Waals surface area (Å²) in [7, 11) is 0. The van der Waals surface area contributed by atoms with Gasteiger partial charge in [0.1, 0.15) is 0 Å². The van der Waals surface area contributed by atoms with Crippen LogP contribution in [-0.2, 0) is 0 Å². The van der Waals surface area contributed by atoms with Crippen LogP contribution in [0.25, 0.3) is 0 Å². The first-order chi connectivity index (χ1) is 5.33. The molecule has 0 radical (unpaired) electrons. The van der Waals surface area contributed by atoms with Crippen LogP contribution in [-0.4, -0.2) is 23.8 Å². The molecule has 1 fully saturated rings. The maximum atomic E-state index is 9.40. The number of aliphatic hydroxyl groups excluding tert-OH is 1. The van der Waals surface area contributed by atoms with Crippen molar-refractivity contribution in [2.24, 2.45) is 0 Å². The number of nitrogens with one attached hydrogen (secondary N) is 1. The molecular formula is C9H17NO. The lowest BCUT2D eigenvalue weighted by Crippen LogP contribution is -2.26. The molecular weight excluding hydrogens is 138 g/mol. The van der Waals surface area contributed by atoms with Gasteiger partial charge in [0.05, 0.1) is 6.10 Å². The average molecular weight is 155 g/mol. The lowest BCUT2D eigenvalue weighted by Gasteiger charge is -2.13. The van der Waals surface area contributed by atoms with E-state index in [1.54, 1.807) is 6.08 Å². The van der Waals surface area contributed by atoms with Gasteiger partial charge in [0.2, 0.25) is 0 Å². The Balaban J connectivity index is 2.12. The molecule has 0 aromatic rings. The summed E-state index contributed by atoms with van der Waals surface area (Å²) < 4.78 is 0. The average Bonchev–Trinajstić information content (AvgIpc) is 2.40. The standard InChI is InChI=1S/C9H17NO/c1-2-4-9(11)7-8-5-3-6-10-8/h2,8-11H,1,3-7H2. The Morgan fingerprint density at radius 3 is 3.09 bits per heavy atom. The van der Waals surface area contributed by atoms with E-state index in [2.05, 4.69) is 11.9 Å². The van der Waals surface area contributed by atoms with Gasteiger partial charge in [-0.1, -0.05) is 6.08 Å². The molecule has 0 saturated carbocycles. The molecule has 1 aliphatic rings. The van der Waals surface area contributed by atoms with Gasteiger partial charge in [-0.25, -0.2) is 0 Å². The normalized spacial score (nSPS) is 26.8. The van der Waals surface area contributed by atoms with Crippen molar-refractivity contribution in [2.45, 2.75) is 37.8 Å². The molecule has 0 aromatic carbocycles. The summed E-state index contributed by atoms with van der Waals surface area (Å²) in [4.78, 5) is 0. The van der Waals surface area contributed by atoms with Crippen LogP contribution in [0.2, 0.25) is 0 Å². The predicted octanol–water partition coefficient (Wildman–Crippen LogP) is 1.07. The first kappa shape index (κ1) is 8.75. The van der Waals surface area contributed by atoms with Crippen molar-refractivity contribution in [3.63, 3.8) is 0 Å². The molecule has 2 atom stereocenters. The molecule has 1 aliphatic heterocycles. The van der Waals surface area contributed by atoms with E-state index >= 15 is 0 Å². The highest BCUT2D eigenvalue weighted by atomic mass is 16.3. The Labute approximate surface area is 68.3 Å². The van der Waals surface area contributed by atoms with Crippen LogP contribution in [0, 0.1) is 0 Å². The Bertz CT molecular complexity index is 119. The highest BCUT2D eigenvalue weighted by molar-refractivity contribution is 4.80. The molecule has 2 heteroatoms.